The molecule has 0 atom stereocenters. The Bertz CT molecular complexity index is 1440. The van der Waals surface area contributed by atoms with E-state index in [-0.39, 0.29) is 29.7 Å². The van der Waals surface area contributed by atoms with E-state index < -0.39 is 5.97 Å². The summed E-state index contributed by atoms with van der Waals surface area (Å²) in [5, 5.41) is 13.8. The SMILES string of the molecule is COc1ccc([C@H]2CC[C@H](CN(c3cc(-c4cnn(C(C)(C)C)c4)ccn3)C(=O)[C@H]3CC[C@H](CC(=O)O)CC3)CC2)cc1C. The van der Waals surface area contributed by atoms with Crippen LogP contribution < -0.4 is 9.64 Å². The van der Waals surface area contributed by atoms with E-state index in [1.807, 2.05) is 27.9 Å². The van der Waals surface area contributed by atoms with E-state index in [1.165, 1.54) is 11.1 Å². The van der Waals surface area contributed by atoms with Gasteiger partial charge in [-0.15, -0.1) is 0 Å². The molecule has 0 unspecified atom stereocenters. The number of aliphatic carboxylic acids is 1. The molecule has 2 aliphatic carbocycles. The van der Waals surface area contributed by atoms with Gasteiger partial charge in [-0.05, 0) is 132 Å². The van der Waals surface area contributed by atoms with E-state index in [4.69, 9.17) is 9.72 Å². The summed E-state index contributed by atoms with van der Waals surface area (Å²) in [6, 6.07) is 10.5. The number of pyridine rings is 1. The third-order valence-corrected chi connectivity index (χ3v) is 9.73. The van der Waals surface area contributed by atoms with Crippen molar-refractivity contribution in [3.63, 3.8) is 0 Å². The standard InChI is InChI=1S/C36H48N4O4/c1-24-18-29(14-15-32(24)44-5)27-10-8-26(9-11-27)22-39(35(43)28-12-6-25(7-13-28)19-34(41)42)33-20-30(16-17-37-33)31-21-38-40(23-31)36(2,3)4/h14-18,20-21,23,25-28H,6-13,19,22H2,1-5H3,(H,41,42)/t25-,26-,27-,28-. The molecule has 2 aromatic heterocycles. The number of carboxylic acids is 1. The Labute approximate surface area is 261 Å². The van der Waals surface area contributed by atoms with Gasteiger partial charge in [0.15, 0.2) is 0 Å². The minimum absolute atomic E-state index is 0.104. The highest BCUT2D eigenvalue weighted by molar-refractivity contribution is 5.94. The molecule has 236 valence electrons. The fraction of sp³-hybridized carbons (Fsp3) is 0.556. The maximum atomic E-state index is 14.2. The predicted molar refractivity (Wildman–Crippen MR) is 173 cm³/mol. The molecule has 1 N–H and O–H groups in total. The Morgan fingerprint density at radius 3 is 2.30 bits per heavy atom. The second-order valence-electron chi connectivity index (χ2n) is 14.0. The van der Waals surface area contributed by atoms with Crippen LogP contribution >= 0.6 is 0 Å². The number of benzene rings is 1. The summed E-state index contributed by atoms with van der Waals surface area (Å²) in [4.78, 5) is 32.2. The summed E-state index contributed by atoms with van der Waals surface area (Å²) in [7, 11) is 1.71. The van der Waals surface area contributed by atoms with E-state index in [9.17, 15) is 14.7 Å². The first-order chi connectivity index (χ1) is 21.0. The van der Waals surface area contributed by atoms with E-state index in [0.29, 0.717) is 24.2 Å². The molecular weight excluding hydrogens is 552 g/mol. The van der Waals surface area contributed by atoms with E-state index in [1.54, 1.807) is 13.3 Å². The van der Waals surface area contributed by atoms with Crippen LogP contribution in [0.2, 0.25) is 0 Å². The summed E-state index contributed by atoms with van der Waals surface area (Å²) >= 11 is 0. The highest BCUT2D eigenvalue weighted by atomic mass is 16.5. The van der Waals surface area contributed by atoms with E-state index in [2.05, 4.69) is 57.2 Å². The number of carboxylic acid groups (broad SMARTS) is 1. The first-order valence-electron chi connectivity index (χ1n) is 16.2. The lowest BCUT2D eigenvalue weighted by Gasteiger charge is -2.35. The Kier molecular flexibility index (Phi) is 9.76. The van der Waals surface area contributed by atoms with Crippen LogP contribution in [0.4, 0.5) is 5.82 Å². The molecule has 1 amide bonds. The zero-order chi connectivity index (χ0) is 31.4. The second-order valence-corrected chi connectivity index (χ2v) is 14.0. The number of anilines is 1. The molecular formula is C36H48N4O4. The Morgan fingerprint density at radius 1 is 0.977 bits per heavy atom. The van der Waals surface area contributed by atoms with Crippen molar-refractivity contribution >= 4 is 17.7 Å². The van der Waals surface area contributed by atoms with Crippen LogP contribution in [0, 0.1) is 24.7 Å². The van der Waals surface area contributed by atoms with Gasteiger partial charge in [0.05, 0.1) is 18.8 Å². The topological polar surface area (TPSA) is 97.5 Å². The van der Waals surface area contributed by atoms with Gasteiger partial charge < -0.3 is 9.84 Å². The van der Waals surface area contributed by atoms with Crippen molar-refractivity contribution in [1.82, 2.24) is 14.8 Å². The normalized spacial score (nSPS) is 22.4. The summed E-state index contributed by atoms with van der Waals surface area (Å²) in [6.45, 7) is 9.12. The molecule has 5 rings (SSSR count). The number of aromatic nitrogens is 3. The minimum atomic E-state index is -0.752. The van der Waals surface area contributed by atoms with Gasteiger partial charge in [0.1, 0.15) is 11.6 Å². The van der Waals surface area contributed by atoms with Gasteiger partial charge in [0.25, 0.3) is 0 Å². The van der Waals surface area contributed by atoms with Crippen LogP contribution in [0.3, 0.4) is 0 Å². The Balaban J connectivity index is 1.34. The number of nitrogens with zero attached hydrogens (tertiary/aromatic N) is 4. The fourth-order valence-electron chi connectivity index (χ4n) is 7.05. The third kappa shape index (κ3) is 7.51. The van der Waals surface area contributed by atoms with Crippen LogP contribution in [0.1, 0.15) is 95.6 Å². The average Bonchev–Trinajstić information content (AvgIpc) is 3.52. The molecule has 2 aliphatic rings. The number of aryl methyl sites for hydroxylation is 1. The van der Waals surface area contributed by atoms with Crippen LogP contribution in [-0.4, -0.2) is 45.4 Å². The monoisotopic (exact) mass is 600 g/mol. The van der Waals surface area contributed by atoms with Gasteiger partial charge in [-0.3, -0.25) is 19.2 Å². The molecule has 44 heavy (non-hydrogen) atoms. The highest BCUT2D eigenvalue weighted by Gasteiger charge is 2.34. The Hall–Kier alpha value is -3.68. The average molecular weight is 601 g/mol. The highest BCUT2D eigenvalue weighted by Crippen LogP contribution is 2.39. The lowest BCUT2D eigenvalue weighted by Crippen LogP contribution is -2.42. The number of carbonyl (C=O) groups is 2. The molecule has 0 saturated heterocycles. The number of amides is 1. The molecule has 0 aliphatic heterocycles. The largest absolute Gasteiger partial charge is 0.496 e. The van der Waals surface area contributed by atoms with E-state index in [0.717, 1.165) is 68.2 Å². The van der Waals surface area contributed by atoms with Crippen LogP contribution in [-0.2, 0) is 15.1 Å². The molecule has 2 heterocycles. The number of ether oxygens (including phenoxy) is 1. The van der Waals surface area contributed by atoms with Crippen molar-refractivity contribution in [2.24, 2.45) is 17.8 Å². The number of hydrogen-bond acceptors (Lipinski definition) is 5. The number of methoxy groups -OCH3 is 1. The summed E-state index contributed by atoms with van der Waals surface area (Å²) < 4.78 is 7.43. The van der Waals surface area contributed by atoms with Crippen molar-refractivity contribution in [2.45, 2.75) is 96.9 Å². The smallest absolute Gasteiger partial charge is 0.303 e. The van der Waals surface area contributed by atoms with Crippen molar-refractivity contribution < 1.29 is 19.4 Å². The number of rotatable bonds is 9. The number of hydrogen-bond donors (Lipinski definition) is 1. The molecule has 2 saturated carbocycles. The van der Waals surface area contributed by atoms with Crippen molar-refractivity contribution in [3.8, 4) is 16.9 Å². The summed E-state index contributed by atoms with van der Waals surface area (Å²) in [5.41, 5.74) is 4.41. The second kappa shape index (κ2) is 13.5. The minimum Gasteiger partial charge on any atom is -0.496 e. The first-order valence-corrected chi connectivity index (χ1v) is 16.2. The lowest BCUT2D eigenvalue weighted by molar-refractivity contribution is -0.138. The third-order valence-electron chi connectivity index (χ3n) is 9.73. The molecule has 8 nitrogen and oxygen atoms in total. The summed E-state index contributed by atoms with van der Waals surface area (Å²) in [6.07, 6.45) is 13.2. The maximum Gasteiger partial charge on any atom is 0.303 e. The van der Waals surface area contributed by atoms with Gasteiger partial charge in [0.2, 0.25) is 5.91 Å². The van der Waals surface area contributed by atoms with Crippen LogP contribution in [0.5, 0.6) is 5.75 Å². The molecule has 0 radical (unpaired) electrons. The van der Waals surface area contributed by atoms with Gasteiger partial charge in [0, 0.05) is 36.8 Å². The zero-order valence-corrected chi connectivity index (χ0v) is 27.0. The molecule has 8 heteroatoms. The Morgan fingerprint density at radius 2 is 1.68 bits per heavy atom. The van der Waals surface area contributed by atoms with Gasteiger partial charge in [-0.25, -0.2) is 4.98 Å². The summed E-state index contributed by atoms with van der Waals surface area (Å²) in [5.74, 6) is 1.96. The maximum absolute atomic E-state index is 14.2. The molecule has 0 spiro atoms. The van der Waals surface area contributed by atoms with Crippen molar-refractivity contribution in [1.29, 1.82) is 0 Å². The molecule has 1 aromatic carbocycles. The van der Waals surface area contributed by atoms with Crippen molar-refractivity contribution in [2.75, 3.05) is 18.6 Å². The first kappa shape index (κ1) is 31.7. The van der Waals surface area contributed by atoms with Gasteiger partial charge >= 0.3 is 5.97 Å². The molecule has 0 bridgehead atoms. The number of carbonyl (C=O) groups excluding carboxylic acids is 1. The lowest BCUT2D eigenvalue weighted by atomic mass is 9.77. The zero-order valence-electron chi connectivity index (χ0n) is 27.0. The quantitative estimate of drug-likeness (QED) is 0.272. The van der Waals surface area contributed by atoms with Crippen LogP contribution in [0.15, 0.2) is 48.9 Å². The van der Waals surface area contributed by atoms with Gasteiger partial charge in [-0.1, -0.05) is 12.1 Å². The van der Waals surface area contributed by atoms with Crippen LogP contribution in [0.25, 0.3) is 11.1 Å². The van der Waals surface area contributed by atoms with E-state index >= 15 is 0 Å². The predicted octanol–water partition coefficient (Wildman–Crippen LogP) is 7.61. The van der Waals surface area contributed by atoms with Crippen molar-refractivity contribution in [3.05, 3.63) is 60.0 Å². The molecule has 3 aromatic rings. The fourth-order valence-corrected chi connectivity index (χ4v) is 7.05. The van der Waals surface area contributed by atoms with Gasteiger partial charge in [-0.2, -0.15) is 5.10 Å². The molecule has 2 fully saturated rings.